The van der Waals surface area contributed by atoms with Crippen molar-refractivity contribution in [3.63, 3.8) is 0 Å². The molecule has 1 amide bonds. The van der Waals surface area contributed by atoms with Crippen molar-refractivity contribution in [2.75, 3.05) is 43.4 Å². The molecule has 5 nitrogen and oxygen atoms in total. The number of hydrogen-bond donors (Lipinski definition) is 2. The molecule has 2 aromatic rings. The van der Waals surface area contributed by atoms with E-state index in [1.54, 1.807) is 12.1 Å². The Labute approximate surface area is 183 Å². The number of anilines is 2. The van der Waals surface area contributed by atoms with Crippen molar-refractivity contribution >= 4 is 68.8 Å². The Balaban J connectivity index is 1.61. The van der Waals surface area contributed by atoms with Gasteiger partial charge in [-0.2, -0.15) is 0 Å². The highest BCUT2D eigenvalue weighted by Crippen LogP contribution is 2.29. The number of rotatable bonds is 3. The van der Waals surface area contributed by atoms with Gasteiger partial charge in [-0.1, -0.05) is 17.7 Å². The summed E-state index contributed by atoms with van der Waals surface area (Å²) in [4.78, 5) is 16.9. The van der Waals surface area contributed by atoms with E-state index < -0.39 is 0 Å². The highest BCUT2D eigenvalue weighted by Gasteiger charge is 2.17. The molecule has 142 valence electrons. The summed E-state index contributed by atoms with van der Waals surface area (Å²) in [5.41, 5.74) is 2.32. The van der Waals surface area contributed by atoms with Crippen LogP contribution in [0.4, 0.5) is 11.4 Å². The van der Waals surface area contributed by atoms with Crippen LogP contribution < -0.4 is 15.5 Å². The van der Waals surface area contributed by atoms with Crippen molar-refractivity contribution < 1.29 is 4.79 Å². The first-order chi connectivity index (χ1) is 12.9. The van der Waals surface area contributed by atoms with E-state index in [-0.39, 0.29) is 11.0 Å². The van der Waals surface area contributed by atoms with Crippen LogP contribution in [0.2, 0.25) is 5.02 Å². The third-order valence-corrected chi connectivity index (χ3v) is 5.54. The first-order valence-electron chi connectivity index (χ1n) is 8.53. The van der Waals surface area contributed by atoms with E-state index in [1.165, 1.54) is 0 Å². The van der Waals surface area contributed by atoms with Gasteiger partial charge in [0, 0.05) is 41.0 Å². The maximum absolute atomic E-state index is 12.3. The van der Waals surface area contributed by atoms with Crippen LogP contribution in [-0.4, -0.2) is 49.1 Å². The number of benzene rings is 2. The minimum Gasteiger partial charge on any atom is -0.368 e. The number of amides is 1. The van der Waals surface area contributed by atoms with Crippen molar-refractivity contribution in [2.45, 2.75) is 0 Å². The molecule has 0 radical (unpaired) electrons. The number of hydrogen-bond acceptors (Lipinski definition) is 4. The molecule has 3 rings (SSSR count). The lowest BCUT2D eigenvalue weighted by Gasteiger charge is -2.34. The zero-order valence-corrected chi connectivity index (χ0v) is 18.6. The molecule has 27 heavy (non-hydrogen) atoms. The molecule has 1 aliphatic heterocycles. The third kappa shape index (κ3) is 5.54. The van der Waals surface area contributed by atoms with Crippen molar-refractivity contribution in [3.8, 4) is 0 Å². The highest BCUT2D eigenvalue weighted by molar-refractivity contribution is 14.1. The summed E-state index contributed by atoms with van der Waals surface area (Å²) in [7, 11) is 2.12. The normalized spacial score (nSPS) is 14.7. The molecular weight excluding hydrogens is 495 g/mol. The highest BCUT2D eigenvalue weighted by atomic mass is 127. The number of carbonyl (C=O) groups is 1. The number of carbonyl (C=O) groups excluding carboxylic acids is 1. The van der Waals surface area contributed by atoms with Gasteiger partial charge in [0.1, 0.15) is 0 Å². The summed E-state index contributed by atoms with van der Waals surface area (Å²) in [6.07, 6.45) is 0. The Morgan fingerprint density at radius 2 is 1.89 bits per heavy atom. The molecule has 0 aliphatic carbocycles. The van der Waals surface area contributed by atoms with Crippen LogP contribution in [0.15, 0.2) is 42.5 Å². The van der Waals surface area contributed by atoms with E-state index in [4.69, 9.17) is 23.8 Å². The fraction of sp³-hybridized carbons (Fsp3) is 0.263. The second-order valence-electron chi connectivity index (χ2n) is 6.38. The fourth-order valence-electron chi connectivity index (χ4n) is 2.86. The molecule has 2 aromatic carbocycles. The fourth-order valence-corrected chi connectivity index (χ4v) is 3.91. The van der Waals surface area contributed by atoms with E-state index in [0.717, 1.165) is 41.1 Å². The van der Waals surface area contributed by atoms with Crippen molar-refractivity contribution in [1.82, 2.24) is 10.2 Å². The van der Waals surface area contributed by atoms with Gasteiger partial charge in [0.15, 0.2) is 5.11 Å². The van der Waals surface area contributed by atoms with E-state index in [0.29, 0.717) is 10.6 Å². The molecule has 1 heterocycles. The summed E-state index contributed by atoms with van der Waals surface area (Å²) in [5, 5.41) is 6.62. The predicted molar refractivity (Wildman–Crippen MR) is 124 cm³/mol. The maximum Gasteiger partial charge on any atom is 0.257 e. The monoisotopic (exact) mass is 514 g/mol. The zero-order valence-electron chi connectivity index (χ0n) is 14.8. The van der Waals surface area contributed by atoms with Gasteiger partial charge < -0.3 is 15.1 Å². The molecule has 1 aliphatic rings. The minimum absolute atomic E-state index is 0.238. The van der Waals surface area contributed by atoms with Gasteiger partial charge >= 0.3 is 0 Å². The maximum atomic E-state index is 12.3. The Kier molecular flexibility index (Phi) is 6.91. The molecule has 0 saturated carbocycles. The van der Waals surface area contributed by atoms with Crippen LogP contribution in [0.3, 0.4) is 0 Å². The van der Waals surface area contributed by atoms with Crippen LogP contribution in [0, 0.1) is 3.57 Å². The number of halogens is 2. The Hall–Kier alpha value is -1.42. The van der Waals surface area contributed by atoms with Gasteiger partial charge in [-0.3, -0.25) is 10.1 Å². The van der Waals surface area contributed by atoms with Gasteiger partial charge in [0.25, 0.3) is 5.91 Å². The van der Waals surface area contributed by atoms with E-state index in [1.807, 2.05) is 30.3 Å². The van der Waals surface area contributed by atoms with Gasteiger partial charge in [-0.15, -0.1) is 0 Å². The van der Waals surface area contributed by atoms with Crippen LogP contribution >= 0.6 is 46.4 Å². The molecule has 1 fully saturated rings. The topological polar surface area (TPSA) is 47.6 Å². The third-order valence-electron chi connectivity index (χ3n) is 4.36. The predicted octanol–water partition coefficient (Wildman–Crippen LogP) is 3.82. The number of nitrogens with one attached hydrogen (secondary N) is 2. The number of thiocarbonyl (C=S) groups is 1. The summed E-state index contributed by atoms with van der Waals surface area (Å²) >= 11 is 13.9. The van der Waals surface area contributed by atoms with Gasteiger partial charge in [-0.05, 0) is 78.3 Å². The van der Waals surface area contributed by atoms with Crippen LogP contribution in [0.5, 0.6) is 0 Å². The van der Waals surface area contributed by atoms with Gasteiger partial charge in [0.05, 0.1) is 10.7 Å². The summed E-state index contributed by atoms with van der Waals surface area (Å²) in [5.74, 6) is -0.244. The Morgan fingerprint density at radius 1 is 1.15 bits per heavy atom. The second kappa shape index (κ2) is 9.18. The number of piperazine rings is 1. The van der Waals surface area contributed by atoms with E-state index in [2.05, 4.69) is 50.1 Å². The average molecular weight is 515 g/mol. The van der Waals surface area contributed by atoms with Crippen LogP contribution in [0.25, 0.3) is 0 Å². The lowest BCUT2D eigenvalue weighted by molar-refractivity contribution is 0.0977. The molecule has 0 bridgehead atoms. The molecular formula is C19H20ClIN4OS. The first-order valence-corrected chi connectivity index (χ1v) is 10.4. The average Bonchev–Trinajstić information content (AvgIpc) is 2.63. The zero-order chi connectivity index (χ0) is 19.4. The first kappa shape index (κ1) is 20.3. The van der Waals surface area contributed by atoms with Crippen molar-refractivity contribution in [3.05, 3.63) is 56.6 Å². The molecule has 1 saturated heterocycles. The lowest BCUT2D eigenvalue weighted by atomic mass is 10.2. The summed E-state index contributed by atoms with van der Waals surface area (Å²) < 4.78 is 0.991. The van der Waals surface area contributed by atoms with Gasteiger partial charge in [-0.25, -0.2) is 0 Å². The van der Waals surface area contributed by atoms with Crippen LogP contribution in [-0.2, 0) is 0 Å². The van der Waals surface area contributed by atoms with Crippen molar-refractivity contribution in [1.29, 1.82) is 0 Å². The quantitative estimate of drug-likeness (QED) is 0.482. The molecule has 0 spiro atoms. The molecule has 0 aromatic heterocycles. The summed E-state index contributed by atoms with van der Waals surface area (Å²) in [6.45, 7) is 3.94. The Morgan fingerprint density at radius 3 is 2.56 bits per heavy atom. The SMILES string of the molecule is CN1CCN(c2ccc(NC(=S)NC(=O)c3cccc(I)c3)cc2Cl)CC1. The smallest absolute Gasteiger partial charge is 0.257 e. The largest absolute Gasteiger partial charge is 0.368 e. The summed E-state index contributed by atoms with van der Waals surface area (Å²) in [6, 6.07) is 13.1. The van der Waals surface area contributed by atoms with Crippen molar-refractivity contribution in [2.24, 2.45) is 0 Å². The molecule has 0 unspecified atom stereocenters. The van der Waals surface area contributed by atoms with Gasteiger partial charge in [0.2, 0.25) is 0 Å². The number of nitrogens with zero attached hydrogens (tertiary/aromatic N) is 2. The second-order valence-corrected chi connectivity index (χ2v) is 8.44. The van der Waals surface area contributed by atoms with Crippen LogP contribution in [0.1, 0.15) is 10.4 Å². The lowest BCUT2D eigenvalue weighted by Crippen LogP contribution is -2.44. The number of likely N-dealkylation sites (N-methyl/N-ethyl adjacent to an activating group) is 1. The minimum atomic E-state index is -0.244. The molecule has 0 atom stereocenters. The molecule has 2 N–H and O–H groups in total. The van der Waals surface area contributed by atoms with E-state index >= 15 is 0 Å². The Bertz CT molecular complexity index is 855. The standard InChI is InChI=1S/C19H20ClIN4OS/c1-24-7-9-25(10-8-24)17-6-5-15(12-16(17)20)22-19(27)23-18(26)13-3-2-4-14(21)11-13/h2-6,11-12H,7-10H2,1H3,(H2,22,23,26,27). The van der Waals surface area contributed by atoms with E-state index in [9.17, 15) is 4.79 Å². The molecule has 8 heteroatoms.